The molecule has 0 heteroatoms. The molecule has 66 valence electrons. The van der Waals surface area contributed by atoms with Gasteiger partial charge in [0.1, 0.15) is 0 Å². The lowest BCUT2D eigenvalue weighted by Gasteiger charge is -2.15. The minimum absolute atomic E-state index is 0.942. The predicted octanol–water partition coefficient (Wildman–Crippen LogP) is 3.71. The molecule has 0 spiro atoms. The van der Waals surface area contributed by atoms with Crippen LogP contribution in [0.5, 0.6) is 0 Å². The lowest BCUT2D eigenvalue weighted by Crippen LogP contribution is -2.04. The van der Waals surface area contributed by atoms with Crippen molar-refractivity contribution < 1.29 is 0 Å². The van der Waals surface area contributed by atoms with Crippen LogP contribution in [0.25, 0.3) is 0 Å². The van der Waals surface area contributed by atoms with Gasteiger partial charge in [-0.15, -0.1) is 0 Å². The topological polar surface area (TPSA) is 0 Å². The van der Waals surface area contributed by atoms with Crippen LogP contribution in [0.2, 0.25) is 0 Å². The zero-order chi connectivity index (χ0) is 8.43. The number of hydrogen-bond donors (Lipinski definition) is 0. The minimum Gasteiger partial charge on any atom is -0.0651 e. The SMILES string of the molecule is CCC(C)CC(C)C1CC1C. The van der Waals surface area contributed by atoms with Crippen LogP contribution in [0.3, 0.4) is 0 Å². The molecule has 0 aromatic heterocycles. The van der Waals surface area contributed by atoms with Crippen molar-refractivity contribution in [3.05, 3.63) is 0 Å². The molecule has 0 amide bonds. The number of hydrogen-bond acceptors (Lipinski definition) is 0. The maximum atomic E-state index is 2.43. The Bertz CT molecular complexity index is 117. The molecule has 0 saturated heterocycles. The van der Waals surface area contributed by atoms with Gasteiger partial charge >= 0.3 is 0 Å². The minimum atomic E-state index is 0.942. The average Bonchev–Trinajstić information content (AvgIpc) is 2.66. The fourth-order valence-electron chi connectivity index (χ4n) is 2.12. The molecule has 4 unspecified atom stereocenters. The summed E-state index contributed by atoms with van der Waals surface area (Å²) in [4.78, 5) is 0. The van der Waals surface area contributed by atoms with Crippen LogP contribution in [-0.2, 0) is 0 Å². The van der Waals surface area contributed by atoms with E-state index in [1.54, 1.807) is 0 Å². The summed E-state index contributed by atoms with van der Waals surface area (Å²) in [6, 6.07) is 0. The summed E-state index contributed by atoms with van der Waals surface area (Å²) >= 11 is 0. The first-order valence-electron chi connectivity index (χ1n) is 5.15. The summed E-state index contributed by atoms with van der Waals surface area (Å²) in [5.41, 5.74) is 0. The van der Waals surface area contributed by atoms with Gasteiger partial charge in [0.25, 0.3) is 0 Å². The van der Waals surface area contributed by atoms with E-state index in [0.717, 1.165) is 23.7 Å². The normalized spacial score (nSPS) is 34.9. The molecule has 4 atom stereocenters. The van der Waals surface area contributed by atoms with Gasteiger partial charge in [-0.1, -0.05) is 34.1 Å². The van der Waals surface area contributed by atoms with Crippen molar-refractivity contribution in [1.82, 2.24) is 0 Å². The van der Waals surface area contributed by atoms with E-state index >= 15 is 0 Å². The van der Waals surface area contributed by atoms with Crippen molar-refractivity contribution in [1.29, 1.82) is 0 Å². The van der Waals surface area contributed by atoms with Crippen molar-refractivity contribution >= 4 is 0 Å². The van der Waals surface area contributed by atoms with E-state index in [2.05, 4.69) is 27.7 Å². The molecule has 1 aliphatic rings. The van der Waals surface area contributed by atoms with Gasteiger partial charge in [-0.3, -0.25) is 0 Å². The van der Waals surface area contributed by atoms with Gasteiger partial charge in [0, 0.05) is 0 Å². The highest BCUT2D eigenvalue weighted by Gasteiger charge is 2.36. The second-order valence-corrected chi connectivity index (χ2v) is 4.60. The maximum Gasteiger partial charge on any atom is -0.0360 e. The summed E-state index contributed by atoms with van der Waals surface area (Å²) in [6.45, 7) is 9.50. The molecule has 1 rings (SSSR count). The maximum absolute atomic E-state index is 2.43. The molecular weight excluding hydrogens is 132 g/mol. The molecule has 1 fully saturated rings. The Labute approximate surface area is 71.4 Å². The van der Waals surface area contributed by atoms with Gasteiger partial charge in [0.05, 0.1) is 0 Å². The summed E-state index contributed by atoms with van der Waals surface area (Å²) in [6.07, 6.45) is 4.30. The first-order chi connectivity index (χ1) is 5.15. The third kappa shape index (κ3) is 2.50. The smallest absolute Gasteiger partial charge is 0.0360 e. The molecular formula is C11H22. The Balaban J connectivity index is 2.16. The van der Waals surface area contributed by atoms with Crippen LogP contribution in [-0.4, -0.2) is 0 Å². The summed E-state index contributed by atoms with van der Waals surface area (Å²) < 4.78 is 0. The highest BCUT2D eigenvalue weighted by Crippen LogP contribution is 2.45. The Morgan fingerprint density at radius 1 is 1.36 bits per heavy atom. The fraction of sp³-hybridized carbons (Fsp3) is 1.00. The largest absolute Gasteiger partial charge is 0.0651 e. The van der Waals surface area contributed by atoms with Crippen LogP contribution < -0.4 is 0 Å². The second-order valence-electron chi connectivity index (χ2n) is 4.60. The van der Waals surface area contributed by atoms with Crippen LogP contribution in [0.15, 0.2) is 0 Å². The first-order valence-corrected chi connectivity index (χ1v) is 5.15. The van der Waals surface area contributed by atoms with Crippen LogP contribution in [0.4, 0.5) is 0 Å². The van der Waals surface area contributed by atoms with Crippen molar-refractivity contribution in [3.8, 4) is 0 Å². The molecule has 0 N–H and O–H groups in total. The Morgan fingerprint density at radius 3 is 2.27 bits per heavy atom. The molecule has 0 heterocycles. The first kappa shape index (κ1) is 9.09. The predicted molar refractivity (Wildman–Crippen MR) is 50.5 cm³/mol. The third-order valence-corrected chi connectivity index (χ3v) is 3.37. The molecule has 0 radical (unpaired) electrons. The van der Waals surface area contributed by atoms with E-state index in [1.807, 2.05) is 0 Å². The highest BCUT2D eigenvalue weighted by molar-refractivity contribution is 4.86. The van der Waals surface area contributed by atoms with Crippen molar-refractivity contribution in [2.45, 2.75) is 47.0 Å². The molecule has 0 aromatic carbocycles. The van der Waals surface area contributed by atoms with E-state index in [1.165, 1.54) is 19.3 Å². The molecule has 1 aliphatic carbocycles. The fourth-order valence-corrected chi connectivity index (χ4v) is 2.12. The molecule has 11 heavy (non-hydrogen) atoms. The monoisotopic (exact) mass is 154 g/mol. The lowest BCUT2D eigenvalue weighted by molar-refractivity contribution is 0.362. The van der Waals surface area contributed by atoms with Crippen molar-refractivity contribution in [3.63, 3.8) is 0 Å². The van der Waals surface area contributed by atoms with Gasteiger partial charge in [-0.05, 0) is 36.5 Å². The lowest BCUT2D eigenvalue weighted by atomic mass is 9.91. The van der Waals surface area contributed by atoms with Crippen molar-refractivity contribution in [2.24, 2.45) is 23.7 Å². The Morgan fingerprint density at radius 2 is 1.91 bits per heavy atom. The quantitative estimate of drug-likeness (QED) is 0.579. The van der Waals surface area contributed by atoms with Gasteiger partial charge in [-0.2, -0.15) is 0 Å². The highest BCUT2D eigenvalue weighted by atomic mass is 14.4. The molecule has 0 aliphatic heterocycles. The molecule has 0 aromatic rings. The van der Waals surface area contributed by atoms with Crippen LogP contribution >= 0.6 is 0 Å². The number of rotatable bonds is 4. The van der Waals surface area contributed by atoms with E-state index in [9.17, 15) is 0 Å². The zero-order valence-corrected chi connectivity index (χ0v) is 8.43. The molecule has 0 nitrogen and oxygen atoms in total. The van der Waals surface area contributed by atoms with Crippen molar-refractivity contribution in [2.75, 3.05) is 0 Å². The Kier molecular flexibility index (Phi) is 2.98. The third-order valence-electron chi connectivity index (χ3n) is 3.37. The standard InChI is InChI=1S/C11H22/c1-5-8(2)6-9(3)11-7-10(11)4/h8-11H,5-7H2,1-4H3. The average molecular weight is 154 g/mol. The summed E-state index contributed by atoms with van der Waals surface area (Å²) in [5.74, 6) is 4.04. The van der Waals surface area contributed by atoms with Gasteiger partial charge in [0.2, 0.25) is 0 Å². The van der Waals surface area contributed by atoms with Crippen LogP contribution in [0, 0.1) is 23.7 Å². The second kappa shape index (κ2) is 3.60. The van der Waals surface area contributed by atoms with Crippen LogP contribution in [0.1, 0.15) is 47.0 Å². The van der Waals surface area contributed by atoms with Gasteiger partial charge < -0.3 is 0 Å². The molecule has 1 saturated carbocycles. The van der Waals surface area contributed by atoms with E-state index in [0.29, 0.717) is 0 Å². The molecule has 0 bridgehead atoms. The Hall–Kier alpha value is 0. The zero-order valence-electron chi connectivity index (χ0n) is 8.43. The van der Waals surface area contributed by atoms with E-state index in [-0.39, 0.29) is 0 Å². The van der Waals surface area contributed by atoms with Gasteiger partial charge in [-0.25, -0.2) is 0 Å². The van der Waals surface area contributed by atoms with Gasteiger partial charge in [0.15, 0.2) is 0 Å². The summed E-state index contributed by atoms with van der Waals surface area (Å²) in [5, 5.41) is 0. The van der Waals surface area contributed by atoms with E-state index < -0.39 is 0 Å². The summed E-state index contributed by atoms with van der Waals surface area (Å²) in [7, 11) is 0. The van der Waals surface area contributed by atoms with E-state index in [4.69, 9.17) is 0 Å².